The van der Waals surface area contributed by atoms with Crippen LogP contribution in [0.15, 0.2) is 23.8 Å². The van der Waals surface area contributed by atoms with E-state index in [2.05, 4.69) is 4.90 Å². The summed E-state index contributed by atoms with van der Waals surface area (Å²) < 4.78 is 10.9. The molecule has 5 rings (SSSR count). The van der Waals surface area contributed by atoms with Gasteiger partial charge in [0.2, 0.25) is 6.79 Å². The fourth-order valence-electron chi connectivity index (χ4n) is 4.35. The fourth-order valence-corrected chi connectivity index (χ4v) is 4.35. The Hall–Kier alpha value is -1.56. The van der Waals surface area contributed by atoms with Crippen molar-refractivity contribution >= 4 is 0 Å². The standard InChI is InChI=1S/C16H17NO4/c18-11-3-8-1-2-17-6-9-4-12-13(21-7-20-12)5-10(9)14(15(8)17)16(11)19/h3-5,11,14-16,18-19H,1-2,6-7H2/t11-,14?,15?,16+/m0/s1. The molecule has 0 aromatic heterocycles. The predicted molar refractivity (Wildman–Crippen MR) is 74.2 cm³/mol. The van der Waals surface area contributed by atoms with E-state index in [1.54, 1.807) is 0 Å². The normalized spacial score (nSPS) is 36.2. The highest BCUT2D eigenvalue weighted by molar-refractivity contribution is 5.53. The zero-order valence-electron chi connectivity index (χ0n) is 11.5. The van der Waals surface area contributed by atoms with E-state index in [4.69, 9.17) is 9.47 Å². The molecule has 1 aromatic carbocycles. The molecule has 1 aliphatic carbocycles. The topological polar surface area (TPSA) is 62.2 Å². The molecule has 21 heavy (non-hydrogen) atoms. The Kier molecular flexibility index (Phi) is 2.29. The lowest BCUT2D eigenvalue weighted by Crippen LogP contribution is -2.49. The molecule has 3 aliphatic heterocycles. The van der Waals surface area contributed by atoms with Gasteiger partial charge < -0.3 is 19.7 Å². The number of aliphatic hydroxyl groups excluding tert-OH is 2. The van der Waals surface area contributed by atoms with E-state index in [9.17, 15) is 10.2 Å². The lowest BCUT2D eigenvalue weighted by molar-refractivity contribution is -0.00157. The molecule has 0 radical (unpaired) electrons. The van der Waals surface area contributed by atoms with Crippen molar-refractivity contribution in [2.75, 3.05) is 13.3 Å². The van der Waals surface area contributed by atoms with Gasteiger partial charge in [-0.3, -0.25) is 4.90 Å². The van der Waals surface area contributed by atoms with E-state index in [1.807, 2.05) is 18.2 Å². The molecule has 0 amide bonds. The number of fused-ring (bicyclic) bond motifs is 3. The van der Waals surface area contributed by atoms with Crippen molar-refractivity contribution in [2.45, 2.75) is 37.1 Å². The van der Waals surface area contributed by atoms with Crippen LogP contribution >= 0.6 is 0 Å². The summed E-state index contributed by atoms with van der Waals surface area (Å²) in [5.74, 6) is 1.45. The third-order valence-electron chi connectivity index (χ3n) is 5.27. The number of benzene rings is 1. The molecule has 4 aliphatic rings. The Bertz CT molecular complexity index is 656. The molecule has 0 bridgehead atoms. The molecular formula is C16H17NO4. The molecule has 1 fully saturated rings. The summed E-state index contributed by atoms with van der Waals surface area (Å²) in [6, 6.07) is 4.25. The molecule has 2 N–H and O–H groups in total. The zero-order valence-corrected chi connectivity index (χ0v) is 11.5. The molecule has 1 saturated heterocycles. The van der Waals surface area contributed by atoms with Crippen LogP contribution in [0.2, 0.25) is 0 Å². The molecule has 110 valence electrons. The Morgan fingerprint density at radius 1 is 1.14 bits per heavy atom. The summed E-state index contributed by atoms with van der Waals surface area (Å²) >= 11 is 0. The van der Waals surface area contributed by atoms with E-state index in [1.165, 1.54) is 11.1 Å². The van der Waals surface area contributed by atoms with Crippen LogP contribution in [0, 0.1) is 0 Å². The second kappa shape index (κ2) is 4.00. The monoisotopic (exact) mass is 287 g/mol. The van der Waals surface area contributed by atoms with Crippen molar-refractivity contribution in [3.8, 4) is 11.5 Å². The summed E-state index contributed by atoms with van der Waals surface area (Å²) in [6.07, 6.45) is 1.28. The number of hydrogen-bond acceptors (Lipinski definition) is 5. The van der Waals surface area contributed by atoms with Gasteiger partial charge in [0.1, 0.15) is 0 Å². The summed E-state index contributed by atoms with van der Waals surface area (Å²) in [4.78, 5) is 2.40. The van der Waals surface area contributed by atoms with Crippen LogP contribution in [0.4, 0.5) is 0 Å². The first-order valence-corrected chi connectivity index (χ1v) is 7.45. The molecule has 3 heterocycles. The van der Waals surface area contributed by atoms with Crippen molar-refractivity contribution in [3.05, 3.63) is 34.9 Å². The largest absolute Gasteiger partial charge is 0.454 e. The summed E-state index contributed by atoms with van der Waals surface area (Å²) in [5.41, 5.74) is 3.54. The molecule has 0 spiro atoms. The van der Waals surface area contributed by atoms with E-state index in [0.717, 1.165) is 36.6 Å². The maximum absolute atomic E-state index is 10.5. The number of nitrogens with zero attached hydrogens (tertiary/aromatic N) is 1. The van der Waals surface area contributed by atoms with Gasteiger partial charge in [-0.15, -0.1) is 0 Å². The second-order valence-corrected chi connectivity index (χ2v) is 6.32. The van der Waals surface area contributed by atoms with Crippen LogP contribution in [0.25, 0.3) is 0 Å². The Labute approximate surface area is 122 Å². The Morgan fingerprint density at radius 2 is 1.95 bits per heavy atom. The summed E-state index contributed by atoms with van der Waals surface area (Å²) in [6.45, 7) is 2.11. The van der Waals surface area contributed by atoms with Crippen molar-refractivity contribution in [1.82, 2.24) is 4.90 Å². The first-order valence-electron chi connectivity index (χ1n) is 7.45. The first kappa shape index (κ1) is 12.0. The van der Waals surface area contributed by atoms with Crippen molar-refractivity contribution in [2.24, 2.45) is 0 Å². The smallest absolute Gasteiger partial charge is 0.231 e. The Morgan fingerprint density at radius 3 is 2.81 bits per heavy atom. The van der Waals surface area contributed by atoms with Gasteiger partial charge >= 0.3 is 0 Å². The second-order valence-electron chi connectivity index (χ2n) is 6.32. The highest BCUT2D eigenvalue weighted by Gasteiger charge is 2.48. The minimum Gasteiger partial charge on any atom is -0.454 e. The van der Waals surface area contributed by atoms with Crippen LogP contribution in [-0.2, 0) is 6.54 Å². The number of hydrogen-bond donors (Lipinski definition) is 2. The van der Waals surface area contributed by atoms with Crippen molar-refractivity contribution < 1.29 is 19.7 Å². The van der Waals surface area contributed by atoms with E-state index >= 15 is 0 Å². The quantitative estimate of drug-likeness (QED) is 0.690. The van der Waals surface area contributed by atoms with E-state index < -0.39 is 12.2 Å². The van der Waals surface area contributed by atoms with Crippen molar-refractivity contribution in [3.63, 3.8) is 0 Å². The molecule has 5 nitrogen and oxygen atoms in total. The summed E-state index contributed by atoms with van der Waals surface area (Å²) in [7, 11) is 0. The molecule has 2 unspecified atom stereocenters. The zero-order chi connectivity index (χ0) is 14.1. The van der Waals surface area contributed by atoms with Gasteiger partial charge in [0.05, 0.1) is 12.2 Å². The number of ether oxygens (including phenoxy) is 2. The first-order chi connectivity index (χ1) is 10.2. The maximum Gasteiger partial charge on any atom is 0.231 e. The SMILES string of the molecule is O[C@H]1C=C2CCN3Cc4cc5c(cc4C(C23)[C@@H]1O)OCO5. The number of rotatable bonds is 0. The van der Waals surface area contributed by atoms with Gasteiger partial charge in [-0.1, -0.05) is 11.6 Å². The average molecular weight is 287 g/mol. The van der Waals surface area contributed by atoms with Gasteiger partial charge in [0.15, 0.2) is 11.5 Å². The van der Waals surface area contributed by atoms with Crippen molar-refractivity contribution in [1.29, 1.82) is 0 Å². The highest BCUT2D eigenvalue weighted by atomic mass is 16.7. The van der Waals surface area contributed by atoms with Gasteiger partial charge in [-0.25, -0.2) is 0 Å². The lowest BCUT2D eigenvalue weighted by Gasteiger charge is -2.44. The summed E-state index contributed by atoms with van der Waals surface area (Å²) in [5, 5.41) is 20.7. The molecule has 5 heteroatoms. The Balaban J connectivity index is 1.70. The van der Waals surface area contributed by atoms with Crippen LogP contribution in [0.5, 0.6) is 11.5 Å². The van der Waals surface area contributed by atoms with Crippen LogP contribution in [0.3, 0.4) is 0 Å². The van der Waals surface area contributed by atoms with Gasteiger partial charge in [0, 0.05) is 25.0 Å². The molecule has 4 atom stereocenters. The minimum absolute atomic E-state index is 0.0826. The lowest BCUT2D eigenvalue weighted by atomic mass is 9.73. The van der Waals surface area contributed by atoms with E-state index in [0.29, 0.717) is 0 Å². The highest BCUT2D eigenvalue weighted by Crippen LogP contribution is 2.49. The number of aliphatic hydroxyl groups is 2. The third-order valence-corrected chi connectivity index (χ3v) is 5.27. The third kappa shape index (κ3) is 1.51. The maximum atomic E-state index is 10.5. The average Bonchev–Trinajstić information content (AvgIpc) is 3.08. The van der Waals surface area contributed by atoms with Crippen LogP contribution in [0.1, 0.15) is 23.5 Å². The molecular weight excluding hydrogens is 270 g/mol. The minimum atomic E-state index is -0.780. The fraction of sp³-hybridized carbons (Fsp3) is 0.500. The van der Waals surface area contributed by atoms with Gasteiger partial charge in [-0.2, -0.15) is 0 Å². The van der Waals surface area contributed by atoms with Crippen LogP contribution in [-0.4, -0.2) is 46.7 Å². The molecule has 0 saturated carbocycles. The van der Waals surface area contributed by atoms with E-state index in [-0.39, 0.29) is 18.8 Å². The van der Waals surface area contributed by atoms with Gasteiger partial charge in [0.25, 0.3) is 0 Å². The predicted octanol–water partition coefficient (Wildman–Crippen LogP) is 0.749. The van der Waals surface area contributed by atoms with Crippen LogP contribution < -0.4 is 9.47 Å². The molecule has 1 aromatic rings. The van der Waals surface area contributed by atoms with Gasteiger partial charge in [-0.05, 0) is 29.7 Å².